The number of rotatable bonds is 6. The van der Waals surface area contributed by atoms with Crippen molar-refractivity contribution >= 4 is 5.91 Å². The van der Waals surface area contributed by atoms with E-state index < -0.39 is 0 Å². The van der Waals surface area contributed by atoms with E-state index in [1.807, 2.05) is 31.2 Å². The van der Waals surface area contributed by atoms with Crippen LogP contribution in [0.1, 0.15) is 22.7 Å². The molecule has 6 heteroatoms. The van der Waals surface area contributed by atoms with Crippen LogP contribution in [0.15, 0.2) is 28.7 Å². The number of carbonyl (C=O) groups excluding carboxylic acids is 1. The van der Waals surface area contributed by atoms with Gasteiger partial charge in [0.1, 0.15) is 0 Å². The fraction of sp³-hybridized carbons (Fsp3) is 0.357. The first-order chi connectivity index (χ1) is 9.70. The predicted octanol–water partition coefficient (Wildman–Crippen LogP) is 1.81. The van der Waals surface area contributed by atoms with Crippen LogP contribution in [0.4, 0.5) is 0 Å². The predicted molar refractivity (Wildman–Crippen MR) is 73.3 cm³/mol. The SMILES string of the molecule is COCCCNC(=O)c1nnc(-c2ccc(C)cc2)o1. The monoisotopic (exact) mass is 275 g/mol. The second-order valence-electron chi connectivity index (χ2n) is 4.38. The summed E-state index contributed by atoms with van der Waals surface area (Å²) in [5.74, 6) is -0.0583. The zero-order valence-electron chi connectivity index (χ0n) is 11.5. The van der Waals surface area contributed by atoms with Crippen LogP contribution >= 0.6 is 0 Å². The number of nitrogens with zero attached hydrogens (tertiary/aromatic N) is 2. The number of methoxy groups -OCH3 is 1. The molecule has 0 aliphatic carbocycles. The average Bonchev–Trinajstić information content (AvgIpc) is 2.94. The lowest BCUT2D eigenvalue weighted by molar-refractivity contribution is 0.0914. The molecule has 2 rings (SSSR count). The van der Waals surface area contributed by atoms with Crippen LogP contribution in [0.3, 0.4) is 0 Å². The van der Waals surface area contributed by atoms with Crippen LogP contribution < -0.4 is 5.32 Å². The van der Waals surface area contributed by atoms with Crippen LogP contribution in [0, 0.1) is 6.92 Å². The summed E-state index contributed by atoms with van der Waals surface area (Å²) in [4.78, 5) is 11.8. The van der Waals surface area contributed by atoms with Gasteiger partial charge in [-0.05, 0) is 25.5 Å². The summed E-state index contributed by atoms with van der Waals surface area (Å²) in [6.45, 7) is 3.10. The van der Waals surface area contributed by atoms with Crippen molar-refractivity contribution in [2.45, 2.75) is 13.3 Å². The summed E-state index contributed by atoms with van der Waals surface area (Å²) in [6.07, 6.45) is 0.737. The third-order valence-corrected chi connectivity index (χ3v) is 2.73. The summed E-state index contributed by atoms with van der Waals surface area (Å²) in [7, 11) is 1.62. The molecule has 0 aliphatic rings. The van der Waals surface area contributed by atoms with E-state index in [9.17, 15) is 4.79 Å². The summed E-state index contributed by atoms with van der Waals surface area (Å²) in [6, 6.07) is 7.65. The van der Waals surface area contributed by atoms with Crippen LogP contribution in [0.25, 0.3) is 11.5 Å². The minimum Gasteiger partial charge on any atom is -0.412 e. The Labute approximate surface area is 117 Å². The lowest BCUT2D eigenvalue weighted by Gasteiger charge is -2.00. The molecule has 0 aliphatic heterocycles. The molecule has 6 nitrogen and oxygen atoms in total. The molecule has 0 spiro atoms. The standard InChI is InChI=1S/C14H17N3O3/c1-10-4-6-11(7-5-10)13-16-17-14(20-13)12(18)15-8-3-9-19-2/h4-7H,3,8-9H2,1-2H3,(H,15,18). The van der Waals surface area contributed by atoms with Crippen molar-refractivity contribution in [1.29, 1.82) is 0 Å². The Hall–Kier alpha value is -2.21. The van der Waals surface area contributed by atoms with Gasteiger partial charge in [-0.1, -0.05) is 17.7 Å². The molecule has 2 aromatic rings. The van der Waals surface area contributed by atoms with Crippen molar-refractivity contribution in [3.63, 3.8) is 0 Å². The van der Waals surface area contributed by atoms with E-state index in [0.29, 0.717) is 19.0 Å². The third-order valence-electron chi connectivity index (χ3n) is 2.73. The van der Waals surface area contributed by atoms with Gasteiger partial charge in [0.05, 0.1) is 0 Å². The van der Waals surface area contributed by atoms with Crippen LogP contribution in [0.2, 0.25) is 0 Å². The number of nitrogens with one attached hydrogen (secondary N) is 1. The molecule has 0 unspecified atom stereocenters. The molecule has 1 heterocycles. The van der Waals surface area contributed by atoms with E-state index in [0.717, 1.165) is 17.5 Å². The summed E-state index contributed by atoms with van der Waals surface area (Å²) in [5.41, 5.74) is 1.94. The summed E-state index contributed by atoms with van der Waals surface area (Å²) >= 11 is 0. The van der Waals surface area contributed by atoms with E-state index in [-0.39, 0.29) is 11.8 Å². The smallest absolute Gasteiger partial charge is 0.308 e. The molecule has 0 saturated heterocycles. The van der Waals surface area contributed by atoms with E-state index in [2.05, 4.69) is 15.5 Å². The van der Waals surface area contributed by atoms with Crippen molar-refractivity contribution in [3.05, 3.63) is 35.7 Å². The molecule has 0 atom stereocenters. The van der Waals surface area contributed by atoms with E-state index >= 15 is 0 Å². The van der Waals surface area contributed by atoms with Crippen LogP contribution in [-0.4, -0.2) is 36.4 Å². The maximum Gasteiger partial charge on any atom is 0.308 e. The number of carbonyl (C=O) groups is 1. The van der Waals surface area contributed by atoms with Gasteiger partial charge in [-0.15, -0.1) is 10.2 Å². The van der Waals surface area contributed by atoms with Gasteiger partial charge < -0.3 is 14.5 Å². The average molecular weight is 275 g/mol. The molecular formula is C14H17N3O3. The Kier molecular flexibility index (Phi) is 4.84. The molecular weight excluding hydrogens is 258 g/mol. The highest BCUT2D eigenvalue weighted by atomic mass is 16.5. The number of aryl methyl sites for hydroxylation is 1. The Bertz CT molecular complexity index is 563. The van der Waals surface area contributed by atoms with Crippen LogP contribution in [0.5, 0.6) is 0 Å². The molecule has 0 radical (unpaired) electrons. The molecule has 1 aromatic carbocycles. The van der Waals surface area contributed by atoms with Crippen molar-refractivity contribution in [2.24, 2.45) is 0 Å². The number of hydrogen-bond donors (Lipinski definition) is 1. The molecule has 20 heavy (non-hydrogen) atoms. The topological polar surface area (TPSA) is 77.2 Å². The quantitative estimate of drug-likeness (QED) is 0.813. The van der Waals surface area contributed by atoms with Crippen molar-refractivity contribution in [3.8, 4) is 11.5 Å². The van der Waals surface area contributed by atoms with Gasteiger partial charge in [-0.3, -0.25) is 4.79 Å². The fourth-order valence-corrected chi connectivity index (χ4v) is 1.62. The first-order valence-corrected chi connectivity index (χ1v) is 6.38. The van der Waals surface area contributed by atoms with Gasteiger partial charge in [0.15, 0.2) is 0 Å². The largest absolute Gasteiger partial charge is 0.412 e. The highest BCUT2D eigenvalue weighted by molar-refractivity contribution is 5.89. The number of hydrogen-bond acceptors (Lipinski definition) is 5. The van der Waals surface area contributed by atoms with Gasteiger partial charge in [0, 0.05) is 25.8 Å². The summed E-state index contributed by atoms with van der Waals surface area (Å²) < 4.78 is 10.3. The second-order valence-corrected chi connectivity index (χ2v) is 4.38. The first-order valence-electron chi connectivity index (χ1n) is 6.38. The lowest BCUT2D eigenvalue weighted by atomic mass is 10.1. The molecule has 0 bridgehead atoms. The normalized spacial score (nSPS) is 10.5. The number of amides is 1. The molecule has 1 aromatic heterocycles. The van der Waals surface area contributed by atoms with Gasteiger partial charge >= 0.3 is 11.8 Å². The van der Waals surface area contributed by atoms with Crippen molar-refractivity contribution in [2.75, 3.05) is 20.3 Å². The Balaban J connectivity index is 1.98. The molecule has 0 saturated carbocycles. The minimum absolute atomic E-state index is 0.0296. The number of ether oxygens (including phenoxy) is 1. The first kappa shape index (κ1) is 14.2. The molecule has 1 amide bonds. The van der Waals surface area contributed by atoms with E-state index in [1.165, 1.54) is 0 Å². The fourth-order valence-electron chi connectivity index (χ4n) is 1.62. The van der Waals surface area contributed by atoms with E-state index in [1.54, 1.807) is 7.11 Å². The highest BCUT2D eigenvalue weighted by Crippen LogP contribution is 2.18. The van der Waals surface area contributed by atoms with Gasteiger partial charge in [-0.25, -0.2) is 0 Å². The molecule has 106 valence electrons. The summed E-state index contributed by atoms with van der Waals surface area (Å²) in [5, 5.41) is 10.3. The minimum atomic E-state index is -0.369. The number of benzene rings is 1. The zero-order valence-corrected chi connectivity index (χ0v) is 11.5. The maximum absolute atomic E-state index is 11.8. The zero-order chi connectivity index (χ0) is 14.4. The maximum atomic E-state index is 11.8. The van der Waals surface area contributed by atoms with E-state index in [4.69, 9.17) is 9.15 Å². The molecule has 1 N–H and O–H groups in total. The number of aromatic nitrogens is 2. The molecule has 0 fully saturated rings. The van der Waals surface area contributed by atoms with Crippen LogP contribution in [-0.2, 0) is 4.74 Å². The Morgan fingerprint density at radius 3 is 2.75 bits per heavy atom. The van der Waals surface area contributed by atoms with Crippen molar-refractivity contribution in [1.82, 2.24) is 15.5 Å². The van der Waals surface area contributed by atoms with Gasteiger partial charge in [0.2, 0.25) is 5.89 Å². The third kappa shape index (κ3) is 3.64. The Morgan fingerprint density at radius 2 is 2.05 bits per heavy atom. The van der Waals surface area contributed by atoms with Gasteiger partial charge in [-0.2, -0.15) is 0 Å². The van der Waals surface area contributed by atoms with Crippen molar-refractivity contribution < 1.29 is 13.9 Å². The second kappa shape index (κ2) is 6.81. The Morgan fingerprint density at radius 1 is 1.30 bits per heavy atom. The van der Waals surface area contributed by atoms with Gasteiger partial charge in [0.25, 0.3) is 0 Å². The lowest BCUT2D eigenvalue weighted by Crippen LogP contribution is -2.25. The highest BCUT2D eigenvalue weighted by Gasteiger charge is 2.15.